The highest BCUT2D eigenvalue weighted by Gasteiger charge is 2.39. The van der Waals surface area contributed by atoms with Gasteiger partial charge in [-0.15, -0.1) is 13.2 Å². The minimum atomic E-state index is -5.01. The van der Waals surface area contributed by atoms with Crippen LogP contribution in [-0.2, 0) is 0 Å². The fraction of sp³-hybridized carbons (Fsp3) is 0.455. The van der Waals surface area contributed by atoms with Crippen molar-refractivity contribution in [2.24, 2.45) is 5.73 Å². The Hall–Kier alpha value is -1.48. The Balaban J connectivity index is 2.90. The third kappa shape index (κ3) is 4.89. The van der Waals surface area contributed by atoms with Gasteiger partial charge < -0.3 is 15.6 Å². The number of halogens is 6. The van der Waals surface area contributed by atoms with Crippen LogP contribution in [0, 0.1) is 0 Å². The lowest BCUT2D eigenvalue weighted by Crippen LogP contribution is -2.38. The maximum atomic E-state index is 12.2. The van der Waals surface area contributed by atoms with E-state index < -0.39 is 42.4 Å². The summed E-state index contributed by atoms with van der Waals surface area (Å²) in [7, 11) is 0. The molecule has 0 amide bonds. The maximum absolute atomic E-state index is 12.2. The van der Waals surface area contributed by atoms with Gasteiger partial charge in [0.25, 0.3) is 0 Å². The summed E-state index contributed by atoms with van der Waals surface area (Å²) in [6.07, 6.45) is -12.6. The quantitative estimate of drug-likeness (QED) is 0.841. The standard InChI is InChI=1S/C11H11F6NO2/c12-10(13,14)9(18)5-7(19)6-3-1-2-4-8(6)20-11(15,16)17/h1-4,7,9,19H,5,18H2/t7-,9-/m0/s1. The molecule has 0 fully saturated rings. The fourth-order valence-corrected chi connectivity index (χ4v) is 1.47. The minimum Gasteiger partial charge on any atom is -0.405 e. The van der Waals surface area contributed by atoms with Crippen LogP contribution in [0.15, 0.2) is 24.3 Å². The number of aliphatic hydroxyl groups excluding tert-OH is 1. The average molecular weight is 303 g/mol. The van der Waals surface area contributed by atoms with E-state index in [-0.39, 0.29) is 0 Å². The van der Waals surface area contributed by atoms with E-state index in [4.69, 9.17) is 5.73 Å². The summed E-state index contributed by atoms with van der Waals surface area (Å²) in [6, 6.07) is 2.04. The zero-order chi connectivity index (χ0) is 15.6. The molecule has 0 aliphatic heterocycles. The normalized spacial score (nSPS) is 15.8. The summed E-state index contributed by atoms with van der Waals surface area (Å²) in [6.45, 7) is 0. The number of aliphatic hydroxyl groups is 1. The number of hydrogen-bond donors (Lipinski definition) is 2. The monoisotopic (exact) mass is 303 g/mol. The third-order valence-electron chi connectivity index (χ3n) is 2.40. The van der Waals surface area contributed by atoms with Crippen molar-refractivity contribution in [1.82, 2.24) is 0 Å². The molecule has 0 radical (unpaired) electrons. The molecule has 0 bridgehead atoms. The molecule has 3 N–H and O–H groups in total. The van der Waals surface area contributed by atoms with Gasteiger partial charge in [0.1, 0.15) is 11.8 Å². The number of ether oxygens (including phenoxy) is 1. The van der Waals surface area contributed by atoms with Crippen molar-refractivity contribution >= 4 is 0 Å². The van der Waals surface area contributed by atoms with Crippen LogP contribution in [0.5, 0.6) is 5.75 Å². The van der Waals surface area contributed by atoms with E-state index in [0.29, 0.717) is 0 Å². The van der Waals surface area contributed by atoms with Gasteiger partial charge in [-0.25, -0.2) is 0 Å². The zero-order valence-electron chi connectivity index (χ0n) is 9.87. The maximum Gasteiger partial charge on any atom is 0.573 e. The van der Waals surface area contributed by atoms with Gasteiger partial charge in [-0.2, -0.15) is 13.2 Å². The summed E-state index contributed by atoms with van der Waals surface area (Å²) < 4.78 is 76.8. The van der Waals surface area contributed by atoms with E-state index in [9.17, 15) is 31.4 Å². The predicted octanol–water partition coefficient (Wildman–Crippen LogP) is 2.90. The zero-order valence-corrected chi connectivity index (χ0v) is 9.87. The molecule has 20 heavy (non-hydrogen) atoms. The largest absolute Gasteiger partial charge is 0.573 e. The summed E-state index contributed by atoms with van der Waals surface area (Å²) in [5.41, 5.74) is 4.41. The molecule has 0 saturated heterocycles. The van der Waals surface area contributed by atoms with Gasteiger partial charge in [0.15, 0.2) is 0 Å². The Morgan fingerprint density at radius 3 is 2.15 bits per heavy atom. The molecular formula is C11H11F6NO2. The topological polar surface area (TPSA) is 55.5 Å². The van der Waals surface area contributed by atoms with Crippen LogP contribution < -0.4 is 10.5 Å². The molecule has 0 heterocycles. The van der Waals surface area contributed by atoms with Gasteiger partial charge in [-0.05, 0) is 6.07 Å². The van der Waals surface area contributed by atoms with Crippen molar-refractivity contribution in [3.8, 4) is 5.75 Å². The molecule has 2 atom stereocenters. The van der Waals surface area contributed by atoms with E-state index in [0.717, 1.165) is 12.1 Å². The Bertz CT molecular complexity index is 445. The number of rotatable bonds is 4. The summed E-state index contributed by atoms with van der Waals surface area (Å²) in [5.74, 6) is -0.762. The van der Waals surface area contributed by atoms with Crippen LogP contribution in [-0.4, -0.2) is 23.7 Å². The summed E-state index contributed by atoms with van der Waals surface area (Å²) in [5, 5.41) is 9.60. The van der Waals surface area contributed by atoms with Gasteiger partial charge in [0, 0.05) is 12.0 Å². The molecule has 0 spiro atoms. The Kier molecular flexibility index (Phi) is 4.87. The van der Waals surface area contributed by atoms with Crippen LogP contribution >= 0.6 is 0 Å². The fourth-order valence-electron chi connectivity index (χ4n) is 1.47. The molecule has 1 rings (SSSR count). The van der Waals surface area contributed by atoms with Crippen molar-refractivity contribution in [2.75, 3.05) is 0 Å². The van der Waals surface area contributed by atoms with E-state index in [2.05, 4.69) is 4.74 Å². The number of para-hydroxylation sites is 1. The van der Waals surface area contributed by atoms with Crippen molar-refractivity contribution in [3.63, 3.8) is 0 Å². The van der Waals surface area contributed by atoms with E-state index in [1.54, 1.807) is 0 Å². The lowest BCUT2D eigenvalue weighted by atomic mass is 10.0. The summed E-state index contributed by atoms with van der Waals surface area (Å²) >= 11 is 0. The third-order valence-corrected chi connectivity index (χ3v) is 2.40. The SMILES string of the molecule is N[C@@H](C[C@H](O)c1ccccc1OC(F)(F)F)C(F)(F)F. The highest BCUT2D eigenvalue weighted by atomic mass is 19.4. The first-order valence-corrected chi connectivity index (χ1v) is 5.35. The van der Waals surface area contributed by atoms with Crippen LogP contribution in [0.1, 0.15) is 18.1 Å². The van der Waals surface area contributed by atoms with Crippen LogP contribution in [0.4, 0.5) is 26.3 Å². The molecule has 114 valence electrons. The first-order chi connectivity index (χ1) is 9.00. The molecule has 0 saturated carbocycles. The van der Waals surface area contributed by atoms with Gasteiger partial charge in [-0.3, -0.25) is 0 Å². The lowest BCUT2D eigenvalue weighted by Gasteiger charge is -2.21. The molecule has 0 aliphatic carbocycles. The number of nitrogens with two attached hydrogens (primary N) is 1. The van der Waals surface area contributed by atoms with Gasteiger partial charge >= 0.3 is 12.5 Å². The van der Waals surface area contributed by atoms with Gasteiger partial charge in [0.05, 0.1) is 6.10 Å². The highest BCUT2D eigenvalue weighted by Crippen LogP contribution is 2.33. The molecule has 0 aromatic heterocycles. The van der Waals surface area contributed by atoms with Crippen molar-refractivity contribution in [2.45, 2.75) is 31.1 Å². The molecule has 1 aromatic carbocycles. The Morgan fingerprint density at radius 1 is 1.10 bits per heavy atom. The van der Waals surface area contributed by atoms with Crippen molar-refractivity contribution < 1.29 is 36.2 Å². The second kappa shape index (κ2) is 5.88. The van der Waals surface area contributed by atoms with E-state index in [1.165, 1.54) is 12.1 Å². The van der Waals surface area contributed by atoms with Crippen LogP contribution in [0.3, 0.4) is 0 Å². The van der Waals surface area contributed by atoms with Gasteiger partial charge in [0.2, 0.25) is 0 Å². The van der Waals surface area contributed by atoms with E-state index >= 15 is 0 Å². The molecular weight excluding hydrogens is 292 g/mol. The Morgan fingerprint density at radius 2 is 1.65 bits per heavy atom. The van der Waals surface area contributed by atoms with Crippen molar-refractivity contribution in [1.29, 1.82) is 0 Å². The predicted molar refractivity (Wildman–Crippen MR) is 56.7 cm³/mol. The number of alkyl halides is 6. The average Bonchev–Trinajstić information content (AvgIpc) is 2.25. The van der Waals surface area contributed by atoms with Crippen LogP contribution in [0.2, 0.25) is 0 Å². The first-order valence-electron chi connectivity index (χ1n) is 5.35. The second-order valence-corrected chi connectivity index (χ2v) is 3.99. The molecule has 9 heteroatoms. The first kappa shape index (κ1) is 16.6. The molecule has 1 aromatic rings. The smallest absolute Gasteiger partial charge is 0.405 e. The minimum absolute atomic E-state index is 0.412. The number of benzene rings is 1. The van der Waals surface area contributed by atoms with Crippen molar-refractivity contribution in [3.05, 3.63) is 29.8 Å². The molecule has 0 aliphatic rings. The number of hydrogen-bond acceptors (Lipinski definition) is 3. The Labute approximate surface area is 109 Å². The molecule has 3 nitrogen and oxygen atoms in total. The van der Waals surface area contributed by atoms with Crippen LogP contribution in [0.25, 0.3) is 0 Å². The second-order valence-electron chi connectivity index (χ2n) is 3.99. The molecule has 0 unspecified atom stereocenters. The summed E-state index contributed by atoms with van der Waals surface area (Å²) in [4.78, 5) is 0. The highest BCUT2D eigenvalue weighted by molar-refractivity contribution is 5.35. The van der Waals surface area contributed by atoms with E-state index in [1.807, 2.05) is 0 Å². The lowest BCUT2D eigenvalue weighted by molar-refractivity contribution is -0.275. The van der Waals surface area contributed by atoms with Gasteiger partial charge in [-0.1, -0.05) is 18.2 Å².